The third-order valence-electron chi connectivity index (χ3n) is 1.70. The largest absolute Gasteiger partial charge is 0.443 e. The van der Waals surface area contributed by atoms with Crippen LogP contribution in [-0.2, 0) is 6.18 Å². The van der Waals surface area contributed by atoms with Gasteiger partial charge in [-0.2, -0.15) is 13.2 Å². The molecule has 1 rings (SSSR count). The number of hydrogen-bond donors (Lipinski definition) is 0. The summed E-state index contributed by atoms with van der Waals surface area (Å²) >= 11 is 3.93. The highest BCUT2D eigenvalue weighted by Gasteiger charge is 2.34. The van der Waals surface area contributed by atoms with Crippen LogP contribution in [0.15, 0.2) is 12.3 Å². The Morgan fingerprint density at radius 3 is 2.73 bits per heavy atom. The van der Waals surface area contributed by atoms with E-state index in [9.17, 15) is 13.2 Å². The van der Waals surface area contributed by atoms with Crippen molar-refractivity contribution in [2.24, 2.45) is 0 Å². The molecule has 1 aromatic rings. The first-order chi connectivity index (χ1) is 6.95. The Balaban J connectivity index is 2.85. The zero-order valence-corrected chi connectivity index (χ0v) is 10.3. The minimum atomic E-state index is -4.33. The third kappa shape index (κ3) is 3.61. The molecule has 0 bridgehead atoms. The lowest BCUT2D eigenvalue weighted by Gasteiger charge is -1.99. The molecule has 0 saturated heterocycles. The van der Waals surface area contributed by atoms with Crippen LogP contribution in [0.2, 0.25) is 0 Å². The fourth-order valence-corrected chi connectivity index (χ4v) is 1.97. The molecule has 15 heavy (non-hydrogen) atoms. The van der Waals surface area contributed by atoms with E-state index in [4.69, 9.17) is 0 Å². The summed E-state index contributed by atoms with van der Waals surface area (Å²) in [4.78, 5) is 3.93. The SMILES string of the molecule is CC(=CCCBr)c1cnc(C(F)(F)F)s1. The Bertz CT molecular complexity index is 356. The summed E-state index contributed by atoms with van der Waals surface area (Å²) in [6, 6.07) is 0. The summed E-state index contributed by atoms with van der Waals surface area (Å²) in [5.74, 6) is 0. The molecule has 0 aromatic carbocycles. The van der Waals surface area contributed by atoms with E-state index in [-0.39, 0.29) is 0 Å². The molecule has 0 N–H and O–H groups in total. The van der Waals surface area contributed by atoms with Crippen molar-refractivity contribution in [2.75, 3.05) is 5.33 Å². The summed E-state index contributed by atoms with van der Waals surface area (Å²) in [6.45, 7) is 1.79. The van der Waals surface area contributed by atoms with Gasteiger partial charge in [0.05, 0.1) is 4.88 Å². The van der Waals surface area contributed by atoms with Crippen molar-refractivity contribution < 1.29 is 13.2 Å². The van der Waals surface area contributed by atoms with Crippen molar-refractivity contribution in [1.82, 2.24) is 4.98 Å². The van der Waals surface area contributed by atoms with Crippen LogP contribution in [0.5, 0.6) is 0 Å². The maximum absolute atomic E-state index is 12.2. The van der Waals surface area contributed by atoms with Crippen LogP contribution in [0.3, 0.4) is 0 Å². The maximum Gasteiger partial charge on any atom is 0.443 e. The number of rotatable bonds is 3. The van der Waals surface area contributed by atoms with Crippen molar-refractivity contribution in [3.8, 4) is 0 Å². The van der Waals surface area contributed by atoms with E-state index in [1.165, 1.54) is 6.20 Å². The zero-order chi connectivity index (χ0) is 11.5. The highest BCUT2D eigenvalue weighted by atomic mass is 79.9. The van der Waals surface area contributed by atoms with Crippen LogP contribution in [0.1, 0.15) is 23.2 Å². The second-order valence-corrected chi connectivity index (χ2v) is 4.72. The molecule has 0 unspecified atom stereocenters. The van der Waals surface area contributed by atoms with Crippen molar-refractivity contribution in [2.45, 2.75) is 19.5 Å². The van der Waals surface area contributed by atoms with Gasteiger partial charge in [-0.1, -0.05) is 22.0 Å². The lowest BCUT2D eigenvalue weighted by Crippen LogP contribution is -2.02. The molecule has 0 saturated carbocycles. The topological polar surface area (TPSA) is 12.9 Å². The highest BCUT2D eigenvalue weighted by Crippen LogP contribution is 2.34. The molecule has 0 fully saturated rings. The van der Waals surface area contributed by atoms with Crippen molar-refractivity contribution in [3.63, 3.8) is 0 Å². The Hall–Kier alpha value is -0.360. The summed E-state index contributed by atoms with van der Waals surface area (Å²) in [7, 11) is 0. The van der Waals surface area contributed by atoms with E-state index < -0.39 is 11.2 Å². The van der Waals surface area contributed by atoms with Crippen LogP contribution in [0.4, 0.5) is 13.2 Å². The molecule has 0 atom stereocenters. The zero-order valence-electron chi connectivity index (χ0n) is 7.94. The molecule has 0 aliphatic heterocycles. The maximum atomic E-state index is 12.2. The van der Waals surface area contributed by atoms with E-state index >= 15 is 0 Å². The molecule has 0 spiro atoms. The lowest BCUT2D eigenvalue weighted by atomic mass is 10.2. The minimum Gasteiger partial charge on any atom is -0.240 e. The summed E-state index contributed by atoms with van der Waals surface area (Å²) in [6.07, 6.45) is -0.375. The van der Waals surface area contributed by atoms with Crippen LogP contribution in [0.25, 0.3) is 5.57 Å². The number of alkyl halides is 4. The Morgan fingerprint density at radius 1 is 1.60 bits per heavy atom. The summed E-state index contributed by atoms with van der Waals surface area (Å²) in [5.41, 5.74) is 0.836. The van der Waals surface area contributed by atoms with E-state index in [0.717, 1.165) is 17.3 Å². The quantitative estimate of drug-likeness (QED) is 0.756. The molecule has 84 valence electrons. The van der Waals surface area contributed by atoms with Gasteiger partial charge in [0.15, 0.2) is 5.01 Å². The highest BCUT2D eigenvalue weighted by molar-refractivity contribution is 9.09. The van der Waals surface area contributed by atoms with Crippen molar-refractivity contribution in [3.05, 3.63) is 22.2 Å². The van der Waals surface area contributed by atoms with E-state index in [1.54, 1.807) is 6.92 Å². The van der Waals surface area contributed by atoms with Gasteiger partial charge in [0.2, 0.25) is 0 Å². The monoisotopic (exact) mass is 299 g/mol. The fraction of sp³-hybridized carbons (Fsp3) is 0.444. The van der Waals surface area contributed by atoms with Crippen LogP contribution >= 0.6 is 27.3 Å². The number of aromatic nitrogens is 1. The molecule has 0 radical (unpaired) electrons. The average Bonchev–Trinajstić information content (AvgIpc) is 2.62. The van der Waals surface area contributed by atoms with Gasteiger partial charge in [-0.05, 0) is 18.9 Å². The third-order valence-corrected chi connectivity index (χ3v) is 3.33. The van der Waals surface area contributed by atoms with Gasteiger partial charge >= 0.3 is 6.18 Å². The van der Waals surface area contributed by atoms with Gasteiger partial charge in [0.1, 0.15) is 0 Å². The molecule has 6 heteroatoms. The normalized spacial score (nSPS) is 13.3. The smallest absolute Gasteiger partial charge is 0.240 e. The van der Waals surface area contributed by atoms with Crippen LogP contribution in [0, 0.1) is 0 Å². The second-order valence-electron chi connectivity index (χ2n) is 2.89. The van der Waals surface area contributed by atoms with Gasteiger partial charge in [0, 0.05) is 11.5 Å². The van der Waals surface area contributed by atoms with Crippen LogP contribution < -0.4 is 0 Å². The van der Waals surface area contributed by atoms with Gasteiger partial charge in [0.25, 0.3) is 0 Å². The first-order valence-corrected chi connectivity index (χ1v) is 6.15. The molecule has 1 heterocycles. The van der Waals surface area contributed by atoms with E-state index in [2.05, 4.69) is 20.9 Å². The number of halogens is 4. The molecule has 0 aliphatic rings. The number of hydrogen-bond acceptors (Lipinski definition) is 2. The number of nitrogens with zero attached hydrogens (tertiary/aromatic N) is 1. The Kier molecular flexibility index (Phi) is 4.33. The molecule has 0 amide bonds. The molecule has 1 nitrogen and oxygen atoms in total. The van der Waals surface area contributed by atoms with Crippen LogP contribution in [-0.4, -0.2) is 10.3 Å². The number of allylic oxidation sites excluding steroid dienone is 2. The summed E-state index contributed by atoms with van der Waals surface area (Å²) in [5, 5.41) is 0.0130. The predicted molar refractivity (Wildman–Crippen MR) is 59.2 cm³/mol. The lowest BCUT2D eigenvalue weighted by molar-refractivity contribution is -0.137. The minimum absolute atomic E-state index is 0.572. The standard InChI is InChI=1S/C9H9BrF3NS/c1-6(3-2-4-10)7-5-14-8(15-7)9(11,12)13/h3,5H,2,4H2,1H3. The number of thiazole rings is 1. The van der Waals surface area contributed by atoms with Crippen molar-refractivity contribution >= 4 is 32.8 Å². The first kappa shape index (κ1) is 12.7. The Morgan fingerprint density at radius 2 is 2.27 bits per heavy atom. The van der Waals surface area contributed by atoms with Crippen molar-refractivity contribution in [1.29, 1.82) is 0 Å². The first-order valence-electron chi connectivity index (χ1n) is 4.21. The molecule has 0 aliphatic carbocycles. The van der Waals surface area contributed by atoms with E-state index in [1.807, 2.05) is 6.08 Å². The fourth-order valence-electron chi connectivity index (χ4n) is 0.959. The molecular formula is C9H9BrF3NS. The van der Waals surface area contributed by atoms with Gasteiger partial charge in [-0.3, -0.25) is 0 Å². The van der Waals surface area contributed by atoms with Gasteiger partial charge < -0.3 is 0 Å². The van der Waals surface area contributed by atoms with E-state index in [0.29, 0.717) is 16.2 Å². The van der Waals surface area contributed by atoms with Gasteiger partial charge in [-0.15, -0.1) is 11.3 Å². The molecule has 1 aromatic heterocycles. The average molecular weight is 300 g/mol. The second kappa shape index (κ2) is 5.12. The molecular weight excluding hydrogens is 291 g/mol. The Labute approximate surface area is 98.2 Å². The summed E-state index contributed by atoms with van der Waals surface area (Å²) < 4.78 is 36.7. The predicted octanol–water partition coefficient (Wildman–Crippen LogP) is 4.35. The van der Waals surface area contributed by atoms with Gasteiger partial charge in [-0.25, -0.2) is 4.98 Å².